The third-order valence-corrected chi connectivity index (χ3v) is 10.3. The van der Waals surface area contributed by atoms with Crippen LogP contribution < -0.4 is 10.6 Å². The quantitative estimate of drug-likeness (QED) is 0.264. The van der Waals surface area contributed by atoms with Gasteiger partial charge in [0.05, 0.1) is 16.9 Å². The molecule has 3 fully saturated rings. The van der Waals surface area contributed by atoms with Gasteiger partial charge in [0.1, 0.15) is 11.4 Å². The van der Waals surface area contributed by atoms with Gasteiger partial charge in [-0.2, -0.15) is 0 Å². The summed E-state index contributed by atoms with van der Waals surface area (Å²) in [5.41, 5.74) is 2.88. The van der Waals surface area contributed by atoms with Crippen LogP contribution in [0.2, 0.25) is 5.02 Å². The highest BCUT2D eigenvalue weighted by Crippen LogP contribution is 2.31. The highest BCUT2D eigenvalue weighted by Gasteiger charge is 2.34. The van der Waals surface area contributed by atoms with Gasteiger partial charge in [-0.05, 0) is 115 Å². The van der Waals surface area contributed by atoms with Crippen LogP contribution in [-0.2, 0) is 9.53 Å². The molecule has 3 aromatic rings. The van der Waals surface area contributed by atoms with Crippen LogP contribution in [-0.4, -0.2) is 81.7 Å². The van der Waals surface area contributed by atoms with Gasteiger partial charge in [0.2, 0.25) is 11.9 Å². The van der Waals surface area contributed by atoms with Crippen molar-refractivity contribution in [3.63, 3.8) is 0 Å². The second kappa shape index (κ2) is 15.4. The number of amides is 2. The Bertz CT molecular complexity index is 1590. The molecule has 9 nitrogen and oxygen atoms in total. The Hall–Kier alpha value is -3.76. The molecule has 0 unspecified atom stereocenters. The van der Waals surface area contributed by atoms with Crippen LogP contribution in [0.5, 0.6) is 0 Å². The van der Waals surface area contributed by atoms with Crippen molar-refractivity contribution in [1.29, 1.82) is 0 Å². The Morgan fingerprint density at radius 1 is 0.857 bits per heavy atom. The molecule has 1 saturated carbocycles. The number of hydrogen-bond acceptors (Lipinski definition) is 7. The van der Waals surface area contributed by atoms with Crippen molar-refractivity contribution in [2.24, 2.45) is 5.92 Å². The Kier molecular flexibility index (Phi) is 11.0. The molecular formula is C38H48ClFN6O3. The zero-order valence-electron chi connectivity index (χ0n) is 28.8. The summed E-state index contributed by atoms with van der Waals surface area (Å²) in [5.74, 6) is 0.496. The van der Waals surface area contributed by atoms with Gasteiger partial charge in [0.15, 0.2) is 0 Å². The molecule has 2 aliphatic heterocycles. The van der Waals surface area contributed by atoms with Crippen LogP contribution in [0.25, 0.3) is 22.4 Å². The minimum Gasteiger partial charge on any atom is -0.444 e. The fourth-order valence-corrected chi connectivity index (χ4v) is 7.48. The van der Waals surface area contributed by atoms with Crippen molar-refractivity contribution in [3.05, 3.63) is 65.6 Å². The van der Waals surface area contributed by atoms with E-state index < -0.39 is 5.60 Å². The lowest BCUT2D eigenvalue weighted by molar-refractivity contribution is -0.127. The van der Waals surface area contributed by atoms with Crippen molar-refractivity contribution in [1.82, 2.24) is 25.1 Å². The summed E-state index contributed by atoms with van der Waals surface area (Å²) in [6.45, 7) is 8.97. The maximum absolute atomic E-state index is 13.4. The molecule has 3 heterocycles. The van der Waals surface area contributed by atoms with Gasteiger partial charge >= 0.3 is 6.09 Å². The van der Waals surface area contributed by atoms with Crippen LogP contribution in [0.1, 0.15) is 72.1 Å². The summed E-state index contributed by atoms with van der Waals surface area (Å²) in [4.78, 5) is 39.2. The first-order chi connectivity index (χ1) is 23.5. The molecule has 1 aromatic heterocycles. The van der Waals surface area contributed by atoms with Gasteiger partial charge in [-0.15, -0.1) is 0 Å². The average Bonchev–Trinajstić information content (AvgIpc) is 3.10. The zero-order valence-corrected chi connectivity index (χ0v) is 29.5. The molecule has 11 heteroatoms. The number of piperidine rings is 2. The SMILES string of the molecule is CC(C)(C)OC(=O)N1CCC(N2CCC(C(=O)NC3CCC(Nc4ncc(Cl)c(-c5cccc(-c6ccc(F)cc6)c5)n4)CC3)CC2)CC1. The highest BCUT2D eigenvalue weighted by atomic mass is 35.5. The number of carbonyl (C=O) groups excluding carboxylic acids is 2. The molecule has 262 valence electrons. The summed E-state index contributed by atoms with van der Waals surface area (Å²) in [6.07, 6.45) is 8.66. The average molecular weight is 691 g/mol. The lowest BCUT2D eigenvalue weighted by Gasteiger charge is -2.41. The van der Waals surface area contributed by atoms with E-state index in [0.717, 1.165) is 94.2 Å². The molecule has 0 atom stereocenters. The fraction of sp³-hybridized carbons (Fsp3) is 0.526. The number of carbonyl (C=O) groups is 2. The second-order valence-electron chi connectivity index (χ2n) is 14.7. The van der Waals surface area contributed by atoms with Crippen LogP contribution in [0.4, 0.5) is 15.1 Å². The lowest BCUT2D eigenvalue weighted by Crippen LogP contribution is -2.51. The first kappa shape index (κ1) is 35.1. The maximum atomic E-state index is 13.4. The highest BCUT2D eigenvalue weighted by molar-refractivity contribution is 6.32. The van der Waals surface area contributed by atoms with Gasteiger partial charge in [0, 0.05) is 42.7 Å². The zero-order chi connectivity index (χ0) is 34.5. The van der Waals surface area contributed by atoms with E-state index in [-0.39, 0.29) is 35.8 Å². The van der Waals surface area contributed by atoms with Crippen molar-refractivity contribution in [2.75, 3.05) is 31.5 Å². The molecule has 1 aliphatic carbocycles. The van der Waals surface area contributed by atoms with E-state index in [2.05, 4.69) is 20.5 Å². The number of nitrogens with zero attached hydrogens (tertiary/aromatic N) is 4. The fourth-order valence-electron chi connectivity index (χ4n) is 7.28. The molecular weight excluding hydrogens is 643 g/mol. The Morgan fingerprint density at radius 2 is 1.51 bits per heavy atom. The van der Waals surface area contributed by atoms with Crippen LogP contribution in [0, 0.1) is 11.7 Å². The standard InChI is InChI=1S/C38H48ClFN6O3/c1-38(2,3)49-37(48)46-21-17-32(18-22-46)45-19-15-26(16-20-45)35(47)42-30-11-13-31(14-12-30)43-36-41-24-33(39)34(44-36)28-6-4-5-27(23-28)25-7-9-29(40)10-8-25/h4-10,23-24,26,30-32H,11-22H2,1-3H3,(H,42,47)(H,41,43,44). The molecule has 2 aromatic carbocycles. The monoisotopic (exact) mass is 690 g/mol. The van der Waals surface area contributed by atoms with E-state index in [9.17, 15) is 14.0 Å². The van der Waals surface area contributed by atoms with E-state index in [0.29, 0.717) is 22.7 Å². The van der Waals surface area contributed by atoms with E-state index in [1.807, 2.05) is 49.9 Å². The Morgan fingerprint density at radius 3 is 2.18 bits per heavy atom. The van der Waals surface area contributed by atoms with Gasteiger partial charge in [0.25, 0.3) is 0 Å². The van der Waals surface area contributed by atoms with E-state index >= 15 is 0 Å². The summed E-state index contributed by atoms with van der Waals surface area (Å²) in [6, 6.07) is 15.1. The minimum atomic E-state index is -0.479. The molecule has 6 rings (SSSR count). The number of ether oxygens (including phenoxy) is 1. The summed E-state index contributed by atoms with van der Waals surface area (Å²) in [7, 11) is 0. The molecule has 2 amide bonds. The number of hydrogen-bond donors (Lipinski definition) is 2. The third kappa shape index (κ3) is 9.28. The molecule has 2 saturated heterocycles. The number of benzene rings is 2. The molecule has 0 spiro atoms. The number of halogens is 2. The maximum Gasteiger partial charge on any atom is 0.410 e. The molecule has 2 N–H and O–H groups in total. The topological polar surface area (TPSA) is 99.7 Å². The molecule has 0 radical (unpaired) electrons. The summed E-state index contributed by atoms with van der Waals surface area (Å²) >= 11 is 6.54. The number of anilines is 1. The Balaban J connectivity index is 0.937. The van der Waals surface area contributed by atoms with Crippen molar-refractivity contribution < 1.29 is 18.7 Å². The van der Waals surface area contributed by atoms with Gasteiger partial charge in [-0.25, -0.2) is 19.2 Å². The van der Waals surface area contributed by atoms with Crippen LogP contribution in [0.15, 0.2) is 54.7 Å². The molecule has 0 bridgehead atoms. The predicted molar refractivity (Wildman–Crippen MR) is 191 cm³/mol. The summed E-state index contributed by atoms with van der Waals surface area (Å²) < 4.78 is 19.0. The molecule has 3 aliphatic rings. The lowest BCUT2D eigenvalue weighted by atomic mass is 9.89. The first-order valence-electron chi connectivity index (χ1n) is 17.7. The minimum absolute atomic E-state index is 0.0522. The second-order valence-corrected chi connectivity index (χ2v) is 15.1. The smallest absolute Gasteiger partial charge is 0.410 e. The third-order valence-electron chi connectivity index (χ3n) is 10.00. The van der Waals surface area contributed by atoms with Gasteiger partial charge in [-0.1, -0.05) is 41.9 Å². The van der Waals surface area contributed by atoms with Gasteiger partial charge < -0.3 is 25.2 Å². The predicted octanol–water partition coefficient (Wildman–Crippen LogP) is 7.55. The van der Waals surface area contributed by atoms with E-state index in [4.69, 9.17) is 21.3 Å². The number of nitrogens with one attached hydrogen (secondary N) is 2. The van der Waals surface area contributed by atoms with Crippen molar-refractivity contribution in [2.45, 2.75) is 95.9 Å². The number of aromatic nitrogens is 2. The van der Waals surface area contributed by atoms with Crippen LogP contribution in [0.3, 0.4) is 0 Å². The number of likely N-dealkylation sites (tertiary alicyclic amines) is 2. The number of rotatable bonds is 7. The van der Waals surface area contributed by atoms with Crippen LogP contribution >= 0.6 is 11.6 Å². The first-order valence-corrected chi connectivity index (χ1v) is 18.1. The van der Waals surface area contributed by atoms with Crippen molar-refractivity contribution >= 4 is 29.5 Å². The van der Waals surface area contributed by atoms with E-state index in [1.54, 1.807) is 18.3 Å². The van der Waals surface area contributed by atoms with Crippen molar-refractivity contribution in [3.8, 4) is 22.4 Å². The van der Waals surface area contributed by atoms with E-state index in [1.165, 1.54) is 12.1 Å². The largest absolute Gasteiger partial charge is 0.444 e. The molecule has 49 heavy (non-hydrogen) atoms. The normalized spacial score (nSPS) is 21.3. The van der Waals surface area contributed by atoms with Gasteiger partial charge in [-0.3, -0.25) is 4.79 Å². The summed E-state index contributed by atoms with van der Waals surface area (Å²) in [5, 5.41) is 7.31. The Labute approximate surface area is 294 Å².